The monoisotopic (exact) mass is 423 g/mol. The lowest BCUT2D eigenvalue weighted by Crippen LogP contribution is -2.16. The van der Waals surface area contributed by atoms with Gasteiger partial charge in [-0.2, -0.15) is 0 Å². The van der Waals surface area contributed by atoms with Crippen LogP contribution in [-0.4, -0.2) is 6.54 Å². The topological polar surface area (TPSA) is 25.2 Å². The molecule has 0 amide bonds. The second-order valence-corrected chi connectivity index (χ2v) is 6.66. The van der Waals surface area contributed by atoms with E-state index >= 15 is 0 Å². The molecule has 0 radical (unpaired) electrons. The van der Waals surface area contributed by atoms with Crippen molar-refractivity contribution in [1.82, 2.24) is 5.32 Å². The van der Waals surface area contributed by atoms with Crippen molar-refractivity contribution in [1.29, 1.82) is 0 Å². The van der Waals surface area contributed by atoms with Crippen LogP contribution in [0.15, 0.2) is 63.5 Å². The molecule has 0 saturated heterocycles. The van der Waals surface area contributed by atoms with Crippen LogP contribution in [0.3, 0.4) is 0 Å². The van der Waals surface area contributed by atoms with E-state index in [0.717, 1.165) is 32.7 Å². The Balaban J connectivity index is 0.00000225. The lowest BCUT2D eigenvalue weighted by molar-refractivity contribution is 0.493. The molecule has 0 saturated carbocycles. The third-order valence-corrected chi connectivity index (χ3v) is 4.44. The summed E-state index contributed by atoms with van der Waals surface area (Å²) in [5.74, 6) is 1.59. The van der Waals surface area contributed by atoms with Gasteiger partial charge in [-0.3, -0.25) is 0 Å². The maximum atomic E-state index is 13.5. The number of nitrogens with one attached hydrogen (secondary N) is 1. The second-order valence-electron chi connectivity index (χ2n) is 5.74. The zero-order valence-electron chi connectivity index (χ0n) is 13.9. The highest BCUT2D eigenvalue weighted by Crippen LogP contribution is 2.27. The van der Waals surface area contributed by atoms with Crippen molar-refractivity contribution in [2.75, 3.05) is 6.54 Å². The van der Waals surface area contributed by atoms with Crippen LogP contribution >= 0.6 is 28.3 Å². The van der Waals surface area contributed by atoms with Crippen LogP contribution in [-0.2, 0) is 13.0 Å². The molecule has 0 fully saturated rings. The lowest BCUT2D eigenvalue weighted by atomic mass is 10.1. The van der Waals surface area contributed by atoms with Gasteiger partial charge in [-0.05, 0) is 67.4 Å². The molecule has 2 nitrogen and oxygen atoms in total. The molecule has 0 spiro atoms. The SMILES string of the molecule is Cc1cc(Br)ccc1-c1ccc(CNCCc2ccccc2F)o1.Cl. The van der Waals surface area contributed by atoms with Gasteiger partial charge in [0.05, 0.1) is 6.54 Å². The number of furan rings is 1. The highest BCUT2D eigenvalue weighted by Gasteiger charge is 2.08. The Morgan fingerprint density at radius 2 is 1.88 bits per heavy atom. The zero-order chi connectivity index (χ0) is 16.9. The lowest BCUT2D eigenvalue weighted by Gasteiger charge is -2.05. The predicted molar refractivity (Wildman–Crippen MR) is 106 cm³/mol. The average Bonchev–Trinajstić information content (AvgIpc) is 3.01. The van der Waals surface area contributed by atoms with Gasteiger partial charge in [-0.15, -0.1) is 12.4 Å². The minimum Gasteiger partial charge on any atom is -0.460 e. The Bertz CT molecular complexity index is 834. The zero-order valence-corrected chi connectivity index (χ0v) is 16.3. The third kappa shape index (κ3) is 5.18. The molecule has 2 aromatic carbocycles. The first-order chi connectivity index (χ1) is 11.6. The van der Waals surface area contributed by atoms with E-state index in [4.69, 9.17) is 4.42 Å². The molecule has 3 aromatic rings. The number of hydrogen-bond donors (Lipinski definition) is 1. The summed E-state index contributed by atoms with van der Waals surface area (Å²) in [6.07, 6.45) is 0.659. The highest BCUT2D eigenvalue weighted by atomic mass is 79.9. The van der Waals surface area contributed by atoms with E-state index in [2.05, 4.69) is 34.2 Å². The molecular formula is C20H20BrClFNO. The third-order valence-electron chi connectivity index (χ3n) is 3.94. The van der Waals surface area contributed by atoms with Crippen molar-refractivity contribution in [3.05, 3.63) is 81.8 Å². The van der Waals surface area contributed by atoms with E-state index in [1.165, 1.54) is 6.07 Å². The maximum Gasteiger partial charge on any atom is 0.134 e. The van der Waals surface area contributed by atoms with Gasteiger partial charge in [0.15, 0.2) is 0 Å². The van der Waals surface area contributed by atoms with Crippen molar-refractivity contribution in [2.24, 2.45) is 0 Å². The molecule has 5 heteroatoms. The molecule has 25 heavy (non-hydrogen) atoms. The Labute approximate surface area is 162 Å². The van der Waals surface area contributed by atoms with Crippen LogP contribution in [0.4, 0.5) is 4.39 Å². The Kier molecular flexibility index (Phi) is 7.24. The molecule has 0 aliphatic heterocycles. The van der Waals surface area contributed by atoms with Gasteiger partial charge in [0.1, 0.15) is 17.3 Å². The fraction of sp³-hybridized carbons (Fsp3) is 0.200. The van der Waals surface area contributed by atoms with Crippen molar-refractivity contribution >= 4 is 28.3 Å². The van der Waals surface area contributed by atoms with E-state index in [0.29, 0.717) is 19.5 Å². The Morgan fingerprint density at radius 3 is 2.64 bits per heavy atom. The number of rotatable bonds is 6. The molecule has 0 aliphatic rings. The minimum absolute atomic E-state index is 0. The number of halogens is 3. The summed E-state index contributed by atoms with van der Waals surface area (Å²) in [4.78, 5) is 0. The summed E-state index contributed by atoms with van der Waals surface area (Å²) < 4.78 is 20.5. The molecule has 1 N–H and O–H groups in total. The molecule has 0 bridgehead atoms. The van der Waals surface area contributed by atoms with Crippen LogP contribution < -0.4 is 5.32 Å². The fourth-order valence-electron chi connectivity index (χ4n) is 2.66. The summed E-state index contributed by atoms with van der Waals surface area (Å²) in [5.41, 5.74) is 2.99. The predicted octanol–water partition coefficient (Wildman–Crippen LogP) is 5.91. The largest absolute Gasteiger partial charge is 0.460 e. The molecule has 0 atom stereocenters. The van der Waals surface area contributed by atoms with Crippen LogP contribution in [0, 0.1) is 12.7 Å². The fourth-order valence-corrected chi connectivity index (χ4v) is 3.13. The summed E-state index contributed by atoms with van der Waals surface area (Å²) in [6, 6.07) is 17.0. The van der Waals surface area contributed by atoms with Gasteiger partial charge in [0, 0.05) is 10.0 Å². The number of aryl methyl sites for hydroxylation is 1. The summed E-state index contributed by atoms with van der Waals surface area (Å²) in [5, 5.41) is 3.30. The molecule has 132 valence electrons. The summed E-state index contributed by atoms with van der Waals surface area (Å²) in [6.45, 7) is 3.40. The van der Waals surface area contributed by atoms with Gasteiger partial charge in [0.25, 0.3) is 0 Å². The van der Waals surface area contributed by atoms with E-state index in [9.17, 15) is 4.39 Å². The second kappa shape index (κ2) is 9.18. The van der Waals surface area contributed by atoms with Crippen molar-refractivity contribution in [2.45, 2.75) is 19.9 Å². The van der Waals surface area contributed by atoms with Crippen molar-refractivity contribution in [3.8, 4) is 11.3 Å². The van der Waals surface area contributed by atoms with E-state index in [-0.39, 0.29) is 18.2 Å². The number of hydrogen-bond acceptors (Lipinski definition) is 2. The molecular weight excluding hydrogens is 405 g/mol. The van der Waals surface area contributed by atoms with Gasteiger partial charge in [0.2, 0.25) is 0 Å². The van der Waals surface area contributed by atoms with Crippen molar-refractivity contribution in [3.63, 3.8) is 0 Å². The first kappa shape index (κ1) is 19.7. The number of benzene rings is 2. The quantitative estimate of drug-likeness (QED) is 0.498. The molecule has 1 heterocycles. The molecule has 0 aliphatic carbocycles. The minimum atomic E-state index is -0.148. The smallest absolute Gasteiger partial charge is 0.134 e. The molecule has 1 aromatic heterocycles. The van der Waals surface area contributed by atoms with E-state index < -0.39 is 0 Å². The Hall–Kier alpha value is -1.62. The molecule has 0 unspecified atom stereocenters. The first-order valence-corrected chi connectivity index (χ1v) is 8.72. The van der Waals surface area contributed by atoms with Gasteiger partial charge < -0.3 is 9.73 Å². The standard InChI is InChI=1S/C20H19BrFNO.ClH/c1-14-12-16(21)6-8-18(14)20-9-7-17(24-20)13-23-11-10-15-4-2-3-5-19(15)22;/h2-9,12,23H,10-11,13H2,1H3;1H. The Morgan fingerprint density at radius 1 is 1.08 bits per heavy atom. The van der Waals surface area contributed by atoms with Crippen LogP contribution in [0.25, 0.3) is 11.3 Å². The molecule has 3 rings (SSSR count). The van der Waals surface area contributed by atoms with Crippen LogP contribution in [0.1, 0.15) is 16.9 Å². The van der Waals surface area contributed by atoms with Crippen LogP contribution in [0.5, 0.6) is 0 Å². The van der Waals surface area contributed by atoms with E-state index in [1.807, 2.05) is 36.4 Å². The van der Waals surface area contributed by atoms with E-state index in [1.54, 1.807) is 6.07 Å². The van der Waals surface area contributed by atoms with Crippen molar-refractivity contribution < 1.29 is 8.81 Å². The van der Waals surface area contributed by atoms with Gasteiger partial charge in [-0.25, -0.2) is 4.39 Å². The summed E-state index contributed by atoms with van der Waals surface area (Å²) in [7, 11) is 0. The van der Waals surface area contributed by atoms with Gasteiger partial charge in [-0.1, -0.05) is 34.1 Å². The average molecular weight is 425 g/mol. The van der Waals surface area contributed by atoms with Gasteiger partial charge >= 0.3 is 0 Å². The highest BCUT2D eigenvalue weighted by molar-refractivity contribution is 9.10. The summed E-state index contributed by atoms with van der Waals surface area (Å²) >= 11 is 3.47. The normalized spacial score (nSPS) is 10.5. The first-order valence-electron chi connectivity index (χ1n) is 7.93. The maximum absolute atomic E-state index is 13.5. The van der Waals surface area contributed by atoms with Crippen LogP contribution in [0.2, 0.25) is 0 Å².